The van der Waals surface area contributed by atoms with E-state index in [1.807, 2.05) is 0 Å². The Balaban J connectivity index is 1.90. The lowest BCUT2D eigenvalue weighted by atomic mass is 9.99. The second-order valence-electron chi connectivity index (χ2n) is 5.98. The van der Waals surface area contributed by atoms with Crippen LogP contribution in [0, 0.1) is 0 Å². The standard InChI is InChI=1S/C18H30N4/c1-4-11-20-18(19-5-2)21-13-15(3)22-12-10-16-8-6-7-9-17(16)14-22/h6-9,15H,4-5,10-14H2,1-3H3,(H2,19,20,21). The predicted octanol–water partition coefficient (Wildman–Crippen LogP) is 2.40. The summed E-state index contributed by atoms with van der Waals surface area (Å²) in [6.45, 7) is 11.4. The first-order chi connectivity index (χ1) is 10.7. The summed E-state index contributed by atoms with van der Waals surface area (Å²) >= 11 is 0. The van der Waals surface area contributed by atoms with Crippen molar-refractivity contribution in [2.24, 2.45) is 4.99 Å². The highest BCUT2D eigenvalue weighted by Crippen LogP contribution is 2.20. The Morgan fingerprint density at radius 3 is 2.73 bits per heavy atom. The lowest BCUT2D eigenvalue weighted by molar-refractivity contribution is 0.195. The van der Waals surface area contributed by atoms with E-state index in [-0.39, 0.29) is 0 Å². The van der Waals surface area contributed by atoms with Crippen molar-refractivity contribution in [3.05, 3.63) is 35.4 Å². The zero-order valence-corrected chi connectivity index (χ0v) is 14.2. The lowest BCUT2D eigenvalue weighted by Crippen LogP contribution is -2.41. The van der Waals surface area contributed by atoms with Crippen molar-refractivity contribution in [3.8, 4) is 0 Å². The van der Waals surface area contributed by atoms with Gasteiger partial charge in [-0.25, -0.2) is 0 Å². The maximum atomic E-state index is 4.73. The monoisotopic (exact) mass is 302 g/mol. The zero-order valence-electron chi connectivity index (χ0n) is 14.2. The first-order valence-electron chi connectivity index (χ1n) is 8.57. The summed E-state index contributed by atoms with van der Waals surface area (Å²) in [6.07, 6.45) is 2.27. The number of benzene rings is 1. The summed E-state index contributed by atoms with van der Waals surface area (Å²) in [6, 6.07) is 9.26. The highest BCUT2D eigenvalue weighted by Gasteiger charge is 2.20. The number of aliphatic imine (C=N–C) groups is 1. The smallest absolute Gasteiger partial charge is 0.191 e. The molecule has 0 aromatic heterocycles. The van der Waals surface area contributed by atoms with Crippen molar-refractivity contribution in [1.82, 2.24) is 15.5 Å². The van der Waals surface area contributed by atoms with E-state index >= 15 is 0 Å². The number of rotatable bonds is 6. The highest BCUT2D eigenvalue weighted by molar-refractivity contribution is 5.79. The Bertz CT molecular complexity index is 484. The maximum absolute atomic E-state index is 4.73. The van der Waals surface area contributed by atoms with Gasteiger partial charge in [-0.05, 0) is 37.8 Å². The van der Waals surface area contributed by atoms with Crippen LogP contribution in [0.15, 0.2) is 29.3 Å². The van der Waals surface area contributed by atoms with Crippen LogP contribution in [0.4, 0.5) is 0 Å². The largest absolute Gasteiger partial charge is 0.357 e. The van der Waals surface area contributed by atoms with Crippen molar-refractivity contribution in [1.29, 1.82) is 0 Å². The molecule has 0 radical (unpaired) electrons. The van der Waals surface area contributed by atoms with E-state index in [9.17, 15) is 0 Å². The minimum Gasteiger partial charge on any atom is -0.357 e. The van der Waals surface area contributed by atoms with Crippen molar-refractivity contribution in [2.75, 3.05) is 26.2 Å². The van der Waals surface area contributed by atoms with Gasteiger partial charge < -0.3 is 10.6 Å². The van der Waals surface area contributed by atoms with E-state index in [1.54, 1.807) is 0 Å². The van der Waals surface area contributed by atoms with E-state index in [4.69, 9.17) is 4.99 Å². The van der Waals surface area contributed by atoms with Crippen LogP contribution in [0.25, 0.3) is 0 Å². The van der Waals surface area contributed by atoms with Gasteiger partial charge in [0.05, 0.1) is 6.54 Å². The van der Waals surface area contributed by atoms with Crippen LogP contribution in [0.5, 0.6) is 0 Å². The van der Waals surface area contributed by atoms with Crippen LogP contribution in [0.3, 0.4) is 0 Å². The average Bonchev–Trinajstić information content (AvgIpc) is 2.56. The number of hydrogen-bond donors (Lipinski definition) is 2. The first kappa shape index (κ1) is 16.8. The lowest BCUT2D eigenvalue weighted by Gasteiger charge is -2.33. The van der Waals surface area contributed by atoms with Gasteiger partial charge in [-0.3, -0.25) is 9.89 Å². The van der Waals surface area contributed by atoms with Crippen LogP contribution >= 0.6 is 0 Å². The molecule has 0 saturated carbocycles. The molecule has 1 atom stereocenters. The van der Waals surface area contributed by atoms with E-state index in [1.165, 1.54) is 11.1 Å². The zero-order chi connectivity index (χ0) is 15.8. The summed E-state index contributed by atoms with van der Waals surface area (Å²) in [5, 5.41) is 6.68. The molecule has 0 amide bonds. The van der Waals surface area contributed by atoms with Crippen LogP contribution in [0.2, 0.25) is 0 Å². The van der Waals surface area contributed by atoms with Gasteiger partial charge in [0.1, 0.15) is 0 Å². The Kier molecular flexibility index (Phi) is 6.72. The molecule has 2 rings (SSSR count). The molecule has 1 aromatic carbocycles. The van der Waals surface area contributed by atoms with Crippen LogP contribution in [-0.2, 0) is 13.0 Å². The number of nitrogens with zero attached hydrogens (tertiary/aromatic N) is 2. The molecule has 0 aliphatic carbocycles. The third-order valence-electron chi connectivity index (χ3n) is 4.18. The Labute approximate surface area is 135 Å². The molecule has 1 aliphatic heterocycles. The molecule has 22 heavy (non-hydrogen) atoms. The topological polar surface area (TPSA) is 39.7 Å². The van der Waals surface area contributed by atoms with Gasteiger partial charge in [0, 0.05) is 32.2 Å². The summed E-state index contributed by atoms with van der Waals surface area (Å²) in [5.41, 5.74) is 2.98. The van der Waals surface area contributed by atoms with E-state index in [0.717, 1.165) is 51.5 Å². The van der Waals surface area contributed by atoms with Gasteiger partial charge in [-0.2, -0.15) is 0 Å². The van der Waals surface area contributed by atoms with Gasteiger partial charge in [-0.15, -0.1) is 0 Å². The highest BCUT2D eigenvalue weighted by atomic mass is 15.2. The Morgan fingerprint density at radius 2 is 2.00 bits per heavy atom. The molecule has 122 valence electrons. The third-order valence-corrected chi connectivity index (χ3v) is 4.18. The van der Waals surface area contributed by atoms with Crippen LogP contribution < -0.4 is 10.6 Å². The van der Waals surface area contributed by atoms with Crippen molar-refractivity contribution < 1.29 is 0 Å². The van der Waals surface area contributed by atoms with Crippen molar-refractivity contribution >= 4 is 5.96 Å². The quantitative estimate of drug-likeness (QED) is 0.626. The Morgan fingerprint density at radius 1 is 1.23 bits per heavy atom. The molecule has 4 heteroatoms. The molecule has 1 aliphatic rings. The minimum absolute atomic E-state index is 0.463. The SMILES string of the molecule is CCCNC(=NCC(C)N1CCc2ccccc2C1)NCC. The number of guanidine groups is 1. The minimum atomic E-state index is 0.463. The fraction of sp³-hybridized carbons (Fsp3) is 0.611. The molecule has 1 unspecified atom stereocenters. The van der Waals surface area contributed by atoms with Gasteiger partial charge in [0.25, 0.3) is 0 Å². The summed E-state index contributed by atoms with van der Waals surface area (Å²) < 4.78 is 0. The molecule has 0 fully saturated rings. The second-order valence-corrected chi connectivity index (χ2v) is 5.98. The molecular formula is C18H30N4. The van der Waals surface area contributed by atoms with Crippen LogP contribution in [-0.4, -0.2) is 43.1 Å². The molecule has 0 spiro atoms. The fourth-order valence-corrected chi connectivity index (χ4v) is 2.82. The fourth-order valence-electron chi connectivity index (χ4n) is 2.82. The van der Waals surface area contributed by atoms with Gasteiger partial charge in [0.15, 0.2) is 5.96 Å². The third kappa shape index (κ3) is 4.73. The maximum Gasteiger partial charge on any atom is 0.191 e. The molecular weight excluding hydrogens is 272 g/mol. The molecule has 1 aromatic rings. The van der Waals surface area contributed by atoms with E-state index < -0.39 is 0 Å². The summed E-state index contributed by atoms with van der Waals surface area (Å²) in [7, 11) is 0. The molecule has 0 bridgehead atoms. The summed E-state index contributed by atoms with van der Waals surface area (Å²) in [5.74, 6) is 0.939. The molecule has 1 heterocycles. The molecule has 0 saturated heterocycles. The summed E-state index contributed by atoms with van der Waals surface area (Å²) in [4.78, 5) is 7.27. The van der Waals surface area contributed by atoms with E-state index in [0.29, 0.717) is 6.04 Å². The number of nitrogens with one attached hydrogen (secondary N) is 2. The van der Waals surface area contributed by atoms with Crippen molar-refractivity contribution in [2.45, 2.75) is 46.2 Å². The second kappa shape index (κ2) is 8.79. The van der Waals surface area contributed by atoms with Crippen molar-refractivity contribution in [3.63, 3.8) is 0 Å². The van der Waals surface area contributed by atoms with Crippen LogP contribution in [0.1, 0.15) is 38.3 Å². The predicted molar refractivity (Wildman–Crippen MR) is 94.3 cm³/mol. The number of hydrogen-bond acceptors (Lipinski definition) is 2. The average molecular weight is 302 g/mol. The normalized spacial score (nSPS) is 17.0. The van der Waals surface area contributed by atoms with Gasteiger partial charge in [0.2, 0.25) is 0 Å². The first-order valence-corrected chi connectivity index (χ1v) is 8.57. The van der Waals surface area contributed by atoms with E-state index in [2.05, 4.69) is 60.6 Å². The molecule has 2 N–H and O–H groups in total. The van der Waals surface area contributed by atoms with Gasteiger partial charge in [-0.1, -0.05) is 31.2 Å². The number of fused-ring (bicyclic) bond motifs is 1. The Hall–Kier alpha value is -1.55. The molecule has 4 nitrogen and oxygen atoms in total. The van der Waals surface area contributed by atoms with Gasteiger partial charge >= 0.3 is 0 Å².